The number of carbonyl (C=O) groups is 1. The summed E-state index contributed by atoms with van der Waals surface area (Å²) in [6.07, 6.45) is 5.43. The highest BCUT2D eigenvalue weighted by Gasteiger charge is 2.22. The van der Waals surface area contributed by atoms with Crippen molar-refractivity contribution in [2.24, 2.45) is 0 Å². The van der Waals surface area contributed by atoms with E-state index in [0.29, 0.717) is 19.1 Å². The average Bonchev–Trinajstić information content (AvgIpc) is 2.68. The molecule has 7 heteroatoms. The first kappa shape index (κ1) is 18.0. The molecule has 2 amide bonds. The number of nitrogens with zero attached hydrogens (tertiary/aromatic N) is 3. The minimum absolute atomic E-state index is 0.0855. The maximum Gasteiger partial charge on any atom is 0.315 e. The second kappa shape index (κ2) is 9.03. The molecule has 2 N–H and O–H groups in total. The van der Waals surface area contributed by atoms with Gasteiger partial charge in [0.1, 0.15) is 5.75 Å². The lowest BCUT2D eigenvalue weighted by atomic mass is 10.1. The first-order chi connectivity index (χ1) is 12.7. The highest BCUT2D eigenvalue weighted by atomic mass is 16.5. The molecule has 1 unspecified atom stereocenters. The van der Waals surface area contributed by atoms with Gasteiger partial charge in [0, 0.05) is 38.1 Å². The number of amides is 2. The predicted octanol–water partition coefficient (Wildman–Crippen LogP) is 2.34. The Morgan fingerprint density at radius 2 is 2.15 bits per heavy atom. The molecule has 1 aromatic heterocycles. The highest BCUT2D eigenvalue weighted by Crippen LogP contribution is 2.15. The summed E-state index contributed by atoms with van der Waals surface area (Å²) in [7, 11) is 0. The molecule has 1 aliphatic rings. The van der Waals surface area contributed by atoms with Crippen LogP contribution in [0, 0.1) is 0 Å². The van der Waals surface area contributed by atoms with Crippen molar-refractivity contribution in [3.8, 4) is 5.75 Å². The van der Waals surface area contributed by atoms with Gasteiger partial charge in [-0.25, -0.2) is 14.8 Å². The fraction of sp³-hybridized carbons (Fsp3) is 0.421. The maximum absolute atomic E-state index is 12.2. The van der Waals surface area contributed by atoms with Crippen LogP contribution in [0.4, 0.5) is 10.7 Å². The number of anilines is 1. The predicted molar refractivity (Wildman–Crippen MR) is 100 cm³/mol. The molecule has 0 spiro atoms. The Kier molecular flexibility index (Phi) is 6.24. The van der Waals surface area contributed by atoms with E-state index in [4.69, 9.17) is 4.74 Å². The first-order valence-corrected chi connectivity index (χ1v) is 9.02. The molecular formula is C19H25N5O2. The number of benzene rings is 1. The number of piperidine rings is 1. The zero-order valence-corrected chi connectivity index (χ0v) is 15.0. The number of rotatable bonds is 6. The molecule has 1 saturated heterocycles. The molecule has 7 nitrogen and oxygen atoms in total. The van der Waals surface area contributed by atoms with Crippen molar-refractivity contribution in [3.63, 3.8) is 0 Å². The van der Waals surface area contributed by atoms with Crippen LogP contribution in [0.15, 0.2) is 42.7 Å². The van der Waals surface area contributed by atoms with Crippen molar-refractivity contribution in [2.75, 3.05) is 24.6 Å². The minimum atomic E-state index is -0.160. The molecule has 0 radical (unpaired) electrons. The third kappa shape index (κ3) is 5.08. The molecule has 3 rings (SSSR count). The van der Waals surface area contributed by atoms with Gasteiger partial charge < -0.3 is 20.3 Å². The van der Waals surface area contributed by atoms with Crippen LogP contribution in [0.25, 0.3) is 0 Å². The van der Waals surface area contributed by atoms with Crippen LogP contribution in [0.5, 0.6) is 5.75 Å². The van der Waals surface area contributed by atoms with Gasteiger partial charge in [-0.3, -0.25) is 0 Å². The van der Waals surface area contributed by atoms with E-state index in [1.54, 1.807) is 18.5 Å². The van der Waals surface area contributed by atoms with Gasteiger partial charge in [0.05, 0.1) is 6.61 Å². The van der Waals surface area contributed by atoms with Gasteiger partial charge in [-0.15, -0.1) is 0 Å². The van der Waals surface area contributed by atoms with Crippen LogP contribution in [-0.2, 0) is 6.54 Å². The highest BCUT2D eigenvalue weighted by molar-refractivity contribution is 5.74. The van der Waals surface area contributed by atoms with Crippen molar-refractivity contribution in [1.82, 2.24) is 20.6 Å². The van der Waals surface area contributed by atoms with Crippen molar-refractivity contribution in [3.05, 3.63) is 48.3 Å². The molecule has 26 heavy (non-hydrogen) atoms. The van der Waals surface area contributed by atoms with E-state index in [9.17, 15) is 4.79 Å². The molecule has 1 aliphatic heterocycles. The summed E-state index contributed by atoms with van der Waals surface area (Å²) >= 11 is 0. The van der Waals surface area contributed by atoms with Crippen LogP contribution >= 0.6 is 0 Å². The molecule has 2 heterocycles. The number of hydrogen-bond acceptors (Lipinski definition) is 5. The Hall–Kier alpha value is -2.83. The Labute approximate surface area is 153 Å². The lowest BCUT2D eigenvalue weighted by Crippen LogP contribution is -2.50. The van der Waals surface area contributed by atoms with E-state index >= 15 is 0 Å². The number of urea groups is 1. The van der Waals surface area contributed by atoms with Gasteiger partial charge in [-0.2, -0.15) is 0 Å². The molecule has 0 aliphatic carbocycles. The van der Waals surface area contributed by atoms with Gasteiger partial charge in [0.15, 0.2) is 0 Å². The fourth-order valence-corrected chi connectivity index (χ4v) is 3.06. The molecule has 1 atom stereocenters. The molecule has 0 saturated carbocycles. The number of hydrogen-bond donors (Lipinski definition) is 2. The Morgan fingerprint density at radius 3 is 2.96 bits per heavy atom. The maximum atomic E-state index is 12.2. The molecular weight excluding hydrogens is 330 g/mol. The summed E-state index contributed by atoms with van der Waals surface area (Å²) in [6.45, 7) is 4.67. The summed E-state index contributed by atoms with van der Waals surface area (Å²) in [5.74, 6) is 1.53. The second-order valence-electron chi connectivity index (χ2n) is 6.24. The SMILES string of the molecule is CCOc1cccc(CNC(=O)NC2CCCN(c3ncccn3)C2)c1. The number of ether oxygens (including phenoxy) is 1. The van der Waals surface area contributed by atoms with Crippen molar-refractivity contribution >= 4 is 12.0 Å². The van der Waals surface area contributed by atoms with Gasteiger partial charge in [-0.1, -0.05) is 12.1 Å². The number of aromatic nitrogens is 2. The summed E-state index contributed by atoms with van der Waals surface area (Å²) < 4.78 is 5.48. The van der Waals surface area contributed by atoms with Crippen LogP contribution in [-0.4, -0.2) is 41.7 Å². The van der Waals surface area contributed by atoms with Gasteiger partial charge >= 0.3 is 6.03 Å². The molecule has 1 aromatic carbocycles. The van der Waals surface area contributed by atoms with Crippen molar-refractivity contribution < 1.29 is 9.53 Å². The monoisotopic (exact) mass is 355 g/mol. The fourth-order valence-electron chi connectivity index (χ4n) is 3.06. The zero-order valence-electron chi connectivity index (χ0n) is 15.0. The third-order valence-electron chi connectivity index (χ3n) is 4.25. The van der Waals surface area contributed by atoms with Gasteiger partial charge in [0.25, 0.3) is 0 Å². The molecule has 0 bridgehead atoms. The van der Waals surface area contributed by atoms with E-state index < -0.39 is 0 Å². The van der Waals surface area contributed by atoms with Crippen LogP contribution in [0.2, 0.25) is 0 Å². The second-order valence-corrected chi connectivity index (χ2v) is 6.24. The quantitative estimate of drug-likeness (QED) is 0.831. The summed E-state index contributed by atoms with van der Waals surface area (Å²) in [5, 5.41) is 5.96. The van der Waals surface area contributed by atoms with Crippen LogP contribution in [0.1, 0.15) is 25.3 Å². The third-order valence-corrected chi connectivity index (χ3v) is 4.25. The topological polar surface area (TPSA) is 79.4 Å². The van der Waals surface area contributed by atoms with Gasteiger partial charge in [-0.05, 0) is 43.5 Å². The Bertz CT molecular complexity index is 710. The Morgan fingerprint density at radius 1 is 1.31 bits per heavy atom. The minimum Gasteiger partial charge on any atom is -0.494 e. The summed E-state index contributed by atoms with van der Waals surface area (Å²) in [6, 6.07) is 9.48. The summed E-state index contributed by atoms with van der Waals surface area (Å²) in [4.78, 5) is 22.9. The lowest BCUT2D eigenvalue weighted by Gasteiger charge is -2.33. The number of nitrogens with one attached hydrogen (secondary N) is 2. The largest absolute Gasteiger partial charge is 0.494 e. The van der Waals surface area contributed by atoms with Crippen molar-refractivity contribution in [1.29, 1.82) is 0 Å². The molecule has 138 valence electrons. The van der Waals surface area contributed by atoms with E-state index in [-0.39, 0.29) is 12.1 Å². The van der Waals surface area contributed by atoms with E-state index in [2.05, 4.69) is 25.5 Å². The first-order valence-electron chi connectivity index (χ1n) is 9.02. The van der Waals surface area contributed by atoms with E-state index in [1.807, 2.05) is 31.2 Å². The van der Waals surface area contributed by atoms with Gasteiger partial charge in [0.2, 0.25) is 5.95 Å². The normalized spacial score (nSPS) is 16.8. The van der Waals surface area contributed by atoms with Crippen LogP contribution < -0.4 is 20.3 Å². The smallest absolute Gasteiger partial charge is 0.315 e. The molecule has 2 aromatic rings. The standard InChI is InChI=1S/C19H25N5O2/c1-2-26-17-8-3-6-15(12-17)13-22-19(25)23-16-7-4-11-24(14-16)18-20-9-5-10-21-18/h3,5-6,8-10,12,16H,2,4,7,11,13-14H2,1H3,(H2,22,23,25). The van der Waals surface area contributed by atoms with Crippen LogP contribution in [0.3, 0.4) is 0 Å². The Balaban J connectivity index is 1.48. The van der Waals surface area contributed by atoms with E-state index in [0.717, 1.165) is 37.2 Å². The lowest BCUT2D eigenvalue weighted by molar-refractivity contribution is 0.234. The molecule has 1 fully saturated rings. The van der Waals surface area contributed by atoms with Crippen molar-refractivity contribution in [2.45, 2.75) is 32.4 Å². The summed E-state index contributed by atoms with van der Waals surface area (Å²) in [5.41, 5.74) is 1.01. The number of carbonyl (C=O) groups excluding carboxylic acids is 1. The average molecular weight is 355 g/mol. The zero-order chi connectivity index (χ0) is 18.2. The van der Waals surface area contributed by atoms with E-state index in [1.165, 1.54) is 0 Å².